The lowest BCUT2D eigenvalue weighted by molar-refractivity contribution is -0.143. The molecule has 1 aromatic rings. The van der Waals surface area contributed by atoms with Crippen molar-refractivity contribution in [1.29, 1.82) is 0 Å². The third kappa shape index (κ3) is 3.13. The van der Waals surface area contributed by atoms with Crippen molar-refractivity contribution in [2.75, 3.05) is 19.9 Å². The van der Waals surface area contributed by atoms with Gasteiger partial charge in [0.05, 0.1) is 11.8 Å². The van der Waals surface area contributed by atoms with Gasteiger partial charge in [-0.3, -0.25) is 19.3 Å². The molecule has 3 aliphatic rings. The van der Waals surface area contributed by atoms with Crippen LogP contribution in [0.1, 0.15) is 31.2 Å². The Morgan fingerprint density at radius 3 is 2.50 bits per heavy atom. The summed E-state index contributed by atoms with van der Waals surface area (Å²) < 4.78 is 10.6. The number of fused-ring (bicyclic) bond motifs is 2. The van der Waals surface area contributed by atoms with Gasteiger partial charge in [-0.1, -0.05) is 18.9 Å². The Morgan fingerprint density at radius 2 is 1.77 bits per heavy atom. The average Bonchev–Trinajstić information content (AvgIpc) is 3.21. The van der Waals surface area contributed by atoms with Gasteiger partial charge in [0, 0.05) is 6.54 Å². The van der Waals surface area contributed by atoms with E-state index in [1.165, 1.54) is 0 Å². The maximum Gasteiger partial charge on any atom is 0.240 e. The molecule has 138 valence electrons. The number of amides is 3. The summed E-state index contributed by atoms with van der Waals surface area (Å²) in [6.07, 6.45) is 4.12. The number of hydrogen-bond donors (Lipinski definition) is 1. The molecule has 2 atom stereocenters. The fourth-order valence-corrected chi connectivity index (χ4v) is 4.03. The molecule has 1 aliphatic carbocycles. The average molecular weight is 358 g/mol. The maximum atomic E-state index is 12.4. The minimum absolute atomic E-state index is 0.175. The summed E-state index contributed by atoms with van der Waals surface area (Å²) in [5.41, 5.74) is 1.02. The highest BCUT2D eigenvalue weighted by atomic mass is 16.7. The van der Waals surface area contributed by atoms with Crippen molar-refractivity contribution in [3.63, 3.8) is 0 Å². The number of likely N-dealkylation sites (tertiary alicyclic amines) is 1. The van der Waals surface area contributed by atoms with E-state index in [-0.39, 0.29) is 42.9 Å². The first kappa shape index (κ1) is 16.9. The zero-order valence-corrected chi connectivity index (χ0v) is 14.5. The van der Waals surface area contributed by atoms with Crippen molar-refractivity contribution >= 4 is 17.7 Å². The predicted octanol–water partition coefficient (Wildman–Crippen LogP) is 1.25. The van der Waals surface area contributed by atoms with Crippen molar-refractivity contribution in [1.82, 2.24) is 10.2 Å². The van der Waals surface area contributed by atoms with E-state index in [1.807, 2.05) is 18.2 Å². The molecule has 0 radical (unpaired) electrons. The van der Waals surface area contributed by atoms with Crippen LogP contribution in [-0.2, 0) is 20.8 Å². The number of nitrogens with one attached hydrogen (secondary N) is 1. The third-order valence-electron chi connectivity index (χ3n) is 5.41. The molecule has 0 bridgehead atoms. The molecule has 2 fully saturated rings. The number of rotatable bonds is 5. The molecule has 7 nitrogen and oxygen atoms in total. The van der Waals surface area contributed by atoms with E-state index in [0.29, 0.717) is 18.7 Å². The molecule has 3 amide bonds. The summed E-state index contributed by atoms with van der Waals surface area (Å²) >= 11 is 0. The minimum Gasteiger partial charge on any atom is -0.454 e. The molecular weight excluding hydrogens is 336 g/mol. The van der Waals surface area contributed by atoms with Crippen LogP contribution < -0.4 is 14.8 Å². The van der Waals surface area contributed by atoms with Crippen LogP contribution in [-0.4, -0.2) is 42.5 Å². The van der Waals surface area contributed by atoms with E-state index in [2.05, 4.69) is 5.32 Å². The lowest BCUT2D eigenvalue weighted by atomic mass is 9.81. The van der Waals surface area contributed by atoms with Gasteiger partial charge in [0.25, 0.3) is 0 Å². The van der Waals surface area contributed by atoms with Crippen LogP contribution in [0.5, 0.6) is 11.5 Å². The second kappa shape index (κ2) is 6.97. The summed E-state index contributed by atoms with van der Waals surface area (Å²) in [6, 6.07) is 5.67. The van der Waals surface area contributed by atoms with E-state index in [1.54, 1.807) is 0 Å². The SMILES string of the molecule is O=C(CN1C(=O)[C@@H]2CCCC[C@H]2C1=O)NCCc1ccc2c(c1)OCO2. The van der Waals surface area contributed by atoms with E-state index < -0.39 is 0 Å². The summed E-state index contributed by atoms with van der Waals surface area (Å²) in [7, 11) is 0. The van der Waals surface area contributed by atoms with E-state index in [9.17, 15) is 14.4 Å². The Morgan fingerprint density at radius 1 is 1.08 bits per heavy atom. The summed E-state index contributed by atoms with van der Waals surface area (Å²) in [5.74, 6) is 0.368. The van der Waals surface area contributed by atoms with Crippen LogP contribution in [0.3, 0.4) is 0 Å². The number of benzene rings is 1. The molecule has 2 aliphatic heterocycles. The lowest BCUT2D eigenvalue weighted by Gasteiger charge is -2.19. The van der Waals surface area contributed by atoms with Crippen LogP contribution >= 0.6 is 0 Å². The largest absolute Gasteiger partial charge is 0.454 e. The fraction of sp³-hybridized carbons (Fsp3) is 0.526. The lowest BCUT2D eigenvalue weighted by Crippen LogP contribution is -2.41. The smallest absolute Gasteiger partial charge is 0.240 e. The number of carbonyl (C=O) groups is 3. The van der Waals surface area contributed by atoms with E-state index in [0.717, 1.165) is 41.9 Å². The first-order valence-corrected chi connectivity index (χ1v) is 9.14. The van der Waals surface area contributed by atoms with Gasteiger partial charge < -0.3 is 14.8 Å². The Kier molecular flexibility index (Phi) is 4.53. The maximum absolute atomic E-state index is 12.4. The zero-order valence-electron chi connectivity index (χ0n) is 14.5. The minimum atomic E-state index is -0.300. The molecule has 2 heterocycles. The van der Waals surface area contributed by atoms with Crippen LogP contribution in [0.15, 0.2) is 18.2 Å². The molecule has 4 rings (SSSR count). The van der Waals surface area contributed by atoms with E-state index in [4.69, 9.17) is 9.47 Å². The van der Waals surface area contributed by atoms with Gasteiger partial charge in [0.1, 0.15) is 6.54 Å². The van der Waals surface area contributed by atoms with Crippen molar-refractivity contribution < 1.29 is 23.9 Å². The van der Waals surface area contributed by atoms with Gasteiger partial charge in [-0.2, -0.15) is 0 Å². The quantitative estimate of drug-likeness (QED) is 0.801. The number of carbonyl (C=O) groups excluding carboxylic acids is 3. The molecular formula is C19H22N2O5. The van der Waals surface area contributed by atoms with Gasteiger partial charge in [-0.05, 0) is 37.0 Å². The fourth-order valence-electron chi connectivity index (χ4n) is 4.03. The van der Waals surface area contributed by atoms with Crippen molar-refractivity contribution in [2.45, 2.75) is 32.1 Å². The molecule has 1 saturated carbocycles. The van der Waals surface area contributed by atoms with Crippen molar-refractivity contribution in [3.05, 3.63) is 23.8 Å². The van der Waals surface area contributed by atoms with Crippen molar-refractivity contribution in [2.24, 2.45) is 11.8 Å². The third-order valence-corrected chi connectivity index (χ3v) is 5.41. The molecule has 0 unspecified atom stereocenters. The molecule has 1 aromatic carbocycles. The number of hydrogen-bond acceptors (Lipinski definition) is 5. The van der Waals surface area contributed by atoms with Gasteiger partial charge in [0.2, 0.25) is 24.5 Å². The number of nitrogens with zero attached hydrogens (tertiary/aromatic N) is 1. The zero-order chi connectivity index (χ0) is 18.1. The van der Waals surface area contributed by atoms with Crippen LogP contribution in [0.4, 0.5) is 0 Å². The second-order valence-electron chi connectivity index (χ2n) is 7.05. The van der Waals surface area contributed by atoms with Crippen LogP contribution in [0, 0.1) is 11.8 Å². The second-order valence-corrected chi connectivity index (χ2v) is 7.05. The van der Waals surface area contributed by atoms with Gasteiger partial charge >= 0.3 is 0 Å². The first-order valence-electron chi connectivity index (χ1n) is 9.14. The van der Waals surface area contributed by atoms with Gasteiger partial charge in [-0.25, -0.2) is 0 Å². The molecule has 7 heteroatoms. The predicted molar refractivity (Wildman–Crippen MR) is 91.4 cm³/mol. The number of imide groups is 1. The molecule has 0 aromatic heterocycles. The topological polar surface area (TPSA) is 84.9 Å². The van der Waals surface area contributed by atoms with Gasteiger partial charge in [-0.15, -0.1) is 0 Å². The molecule has 26 heavy (non-hydrogen) atoms. The molecule has 1 saturated heterocycles. The normalized spacial score (nSPS) is 23.9. The van der Waals surface area contributed by atoms with Crippen LogP contribution in [0.25, 0.3) is 0 Å². The standard InChI is InChI=1S/C19H22N2O5/c22-17(10-21-18(23)13-3-1-2-4-14(13)19(21)24)20-8-7-12-5-6-15-16(9-12)26-11-25-15/h5-6,9,13-14H,1-4,7-8,10-11H2,(H,20,22)/t13-,14-/m1/s1. The summed E-state index contributed by atoms with van der Waals surface area (Å²) in [5, 5.41) is 2.79. The van der Waals surface area contributed by atoms with Crippen LogP contribution in [0.2, 0.25) is 0 Å². The Balaban J connectivity index is 1.28. The summed E-state index contributed by atoms with van der Waals surface area (Å²) in [6.45, 7) is 0.489. The molecule has 1 N–H and O–H groups in total. The monoisotopic (exact) mass is 358 g/mol. The van der Waals surface area contributed by atoms with Crippen molar-refractivity contribution in [3.8, 4) is 11.5 Å². The highest BCUT2D eigenvalue weighted by Crippen LogP contribution is 2.37. The highest BCUT2D eigenvalue weighted by Gasteiger charge is 2.48. The highest BCUT2D eigenvalue weighted by molar-refractivity contribution is 6.07. The Bertz CT molecular complexity index is 723. The van der Waals surface area contributed by atoms with E-state index >= 15 is 0 Å². The molecule has 0 spiro atoms. The summed E-state index contributed by atoms with van der Waals surface area (Å²) in [4.78, 5) is 38.1. The number of ether oxygens (including phenoxy) is 2. The first-order chi connectivity index (χ1) is 12.6. The van der Waals surface area contributed by atoms with Gasteiger partial charge in [0.15, 0.2) is 11.5 Å². The Hall–Kier alpha value is -2.57. The Labute approximate surface area is 151 Å².